The second-order valence-electron chi connectivity index (χ2n) is 7.51. The van der Waals surface area contributed by atoms with Crippen LogP contribution in [0.2, 0.25) is 0 Å². The molecule has 31 heavy (non-hydrogen) atoms. The van der Waals surface area contributed by atoms with Crippen LogP contribution in [0.5, 0.6) is 11.5 Å². The SMILES string of the molecule is CCc1ccccc1-n1c(SCC2COc3ccccc3O2)nnc1N1CCOCC1. The molecule has 0 aliphatic carbocycles. The van der Waals surface area contributed by atoms with Gasteiger partial charge in [0, 0.05) is 18.8 Å². The lowest BCUT2D eigenvalue weighted by molar-refractivity contribution is 0.107. The molecule has 1 aromatic heterocycles. The summed E-state index contributed by atoms with van der Waals surface area (Å²) in [5.41, 5.74) is 2.40. The topological polar surface area (TPSA) is 61.6 Å². The van der Waals surface area contributed by atoms with Gasteiger partial charge in [0.05, 0.1) is 18.9 Å². The van der Waals surface area contributed by atoms with E-state index in [9.17, 15) is 0 Å². The Hall–Kier alpha value is -2.71. The second kappa shape index (κ2) is 9.20. The average molecular weight is 439 g/mol. The van der Waals surface area contributed by atoms with E-state index in [0.717, 1.165) is 53.6 Å². The van der Waals surface area contributed by atoms with Crippen LogP contribution in [0.25, 0.3) is 5.69 Å². The summed E-state index contributed by atoms with van der Waals surface area (Å²) in [6, 6.07) is 16.3. The Balaban J connectivity index is 1.41. The minimum atomic E-state index is -0.0432. The number of hydrogen-bond donors (Lipinski definition) is 0. The Labute approximate surface area is 186 Å². The highest BCUT2D eigenvalue weighted by molar-refractivity contribution is 7.99. The lowest BCUT2D eigenvalue weighted by atomic mass is 10.1. The number of fused-ring (bicyclic) bond motifs is 1. The highest BCUT2D eigenvalue weighted by atomic mass is 32.2. The molecule has 162 valence electrons. The van der Waals surface area contributed by atoms with E-state index in [0.29, 0.717) is 19.8 Å². The molecule has 0 amide bonds. The number of morpholine rings is 1. The van der Waals surface area contributed by atoms with Crippen molar-refractivity contribution in [1.82, 2.24) is 14.8 Å². The fraction of sp³-hybridized carbons (Fsp3) is 0.391. The normalized spacial score (nSPS) is 18.2. The van der Waals surface area contributed by atoms with Crippen molar-refractivity contribution in [3.8, 4) is 17.2 Å². The summed E-state index contributed by atoms with van der Waals surface area (Å²) in [7, 11) is 0. The van der Waals surface area contributed by atoms with Crippen LogP contribution < -0.4 is 14.4 Å². The van der Waals surface area contributed by atoms with E-state index >= 15 is 0 Å². The lowest BCUT2D eigenvalue weighted by Gasteiger charge is -2.28. The smallest absolute Gasteiger partial charge is 0.232 e. The molecule has 1 unspecified atom stereocenters. The van der Waals surface area contributed by atoms with E-state index in [1.807, 2.05) is 24.3 Å². The van der Waals surface area contributed by atoms with E-state index in [1.165, 1.54) is 5.56 Å². The van der Waals surface area contributed by atoms with Gasteiger partial charge in [-0.25, -0.2) is 0 Å². The van der Waals surface area contributed by atoms with E-state index in [2.05, 4.69) is 50.9 Å². The highest BCUT2D eigenvalue weighted by Crippen LogP contribution is 2.34. The van der Waals surface area contributed by atoms with Crippen molar-refractivity contribution < 1.29 is 14.2 Å². The summed E-state index contributed by atoms with van der Waals surface area (Å²) < 4.78 is 19.7. The Morgan fingerprint density at radius 3 is 2.61 bits per heavy atom. The zero-order valence-electron chi connectivity index (χ0n) is 17.6. The Morgan fingerprint density at radius 2 is 1.77 bits per heavy atom. The van der Waals surface area contributed by atoms with Gasteiger partial charge >= 0.3 is 0 Å². The van der Waals surface area contributed by atoms with Crippen LogP contribution in [0.3, 0.4) is 0 Å². The van der Waals surface area contributed by atoms with Crippen molar-refractivity contribution in [1.29, 1.82) is 0 Å². The Morgan fingerprint density at radius 1 is 1.00 bits per heavy atom. The number of rotatable bonds is 6. The summed E-state index contributed by atoms with van der Waals surface area (Å²) in [4.78, 5) is 2.25. The van der Waals surface area contributed by atoms with Gasteiger partial charge in [0.25, 0.3) is 0 Å². The number of hydrogen-bond acceptors (Lipinski definition) is 7. The largest absolute Gasteiger partial charge is 0.486 e. The third-order valence-electron chi connectivity index (χ3n) is 5.49. The zero-order chi connectivity index (χ0) is 21.0. The van der Waals surface area contributed by atoms with Crippen LogP contribution in [-0.2, 0) is 11.2 Å². The number of aryl methyl sites for hydroxylation is 1. The van der Waals surface area contributed by atoms with E-state index in [-0.39, 0.29) is 6.10 Å². The van der Waals surface area contributed by atoms with Crippen molar-refractivity contribution in [3.63, 3.8) is 0 Å². The third kappa shape index (κ3) is 4.22. The molecule has 8 heteroatoms. The number of para-hydroxylation sites is 3. The van der Waals surface area contributed by atoms with Crippen LogP contribution in [0.1, 0.15) is 12.5 Å². The Bertz CT molecular complexity index is 1040. The highest BCUT2D eigenvalue weighted by Gasteiger charge is 2.25. The molecular formula is C23H26N4O3S. The maximum absolute atomic E-state index is 6.14. The predicted molar refractivity (Wildman–Crippen MR) is 121 cm³/mol. The molecule has 5 rings (SSSR count). The quantitative estimate of drug-likeness (QED) is 0.545. The molecule has 3 aromatic rings. The molecule has 1 atom stereocenters. The first kappa shape index (κ1) is 20.2. The van der Waals surface area contributed by atoms with Gasteiger partial charge in [0.2, 0.25) is 5.95 Å². The predicted octanol–water partition coefficient (Wildman–Crippen LogP) is 3.60. The van der Waals surface area contributed by atoms with Crippen molar-refractivity contribution >= 4 is 17.7 Å². The van der Waals surface area contributed by atoms with Gasteiger partial charge in [-0.05, 0) is 30.2 Å². The van der Waals surface area contributed by atoms with Crippen molar-refractivity contribution in [2.75, 3.05) is 43.6 Å². The summed E-state index contributed by atoms with van der Waals surface area (Å²) in [6.45, 7) is 5.74. The lowest BCUT2D eigenvalue weighted by Crippen LogP contribution is -2.38. The van der Waals surface area contributed by atoms with Crippen LogP contribution in [0.15, 0.2) is 53.7 Å². The van der Waals surface area contributed by atoms with Crippen LogP contribution in [-0.4, -0.2) is 59.5 Å². The summed E-state index contributed by atoms with van der Waals surface area (Å²) in [5.74, 6) is 3.20. The molecule has 0 bridgehead atoms. The molecule has 0 N–H and O–H groups in total. The molecule has 0 radical (unpaired) electrons. The molecule has 3 heterocycles. The Kier molecular flexibility index (Phi) is 5.99. The monoisotopic (exact) mass is 438 g/mol. The van der Waals surface area contributed by atoms with Gasteiger partial charge in [0.1, 0.15) is 12.7 Å². The van der Waals surface area contributed by atoms with E-state index in [1.54, 1.807) is 11.8 Å². The molecular weight excluding hydrogens is 412 g/mol. The maximum atomic E-state index is 6.14. The van der Waals surface area contributed by atoms with Crippen LogP contribution in [0, 0.1) is 0 Å². The van der Waals surface area contributed by atoms with E-state index < -0.39 is 0 Å². The first-order chi connectivity index (χ1) is 15.3. The molecule has 2 aliphatic heterocycles. The standard InChI is InChI=1S/C23H26N4O3S/c1-2-17-7-3-4-8-19(17)27-22(26-11-13-28-14-12-26)24-25-23(27)31-16-18-15-29-20-9-5-6-10-21(20)30-18/h3-10,18H,2,11-16H2,1H3. The van der Waals surface area contributed by atoms with Crippen LogP contribution in [0.4, 0.5) is 5.95 Å². The molecule has 0 spiro atoms. The third-order valence-corrected chi connectivity index (χ3v) is 6.55. The molecule has 0 saturated carbocycles. The fourth-order valence-electron chi connectivity index (χ4n) is 3.88. The number of benzene rings is 2. The molecule has 7 nitrogen and oxygen atoms in total. The first-order valence-electron chi connectivity index (χ1n) is 10.7. The van der Waals surface area contributed by atoms with Gasteiger partial charge in [-0.1, -0.05) is 49.0 Å². The second-order valence-corrected chi connectivity index (χ2v) is 8.50. The summed E-state index contributed by atoms with van der Waals surface area (Å²) in [5, 5.41) is 10.0. The van der Waals surface area contributed by atoms with Gasteiger partial charge in [-0.2, -0.15) is 0 Å². The minimum absolute atomic E-state index is 0.0432. The molecule has 1 saturated heterocycles. The van der Waals surface area contributed by atoms with E-state index in [4.69, 9.17) is 14.2 Å². The number of ether oxygens (including phenoxy) is 3. The number of aromatic nitrogens is 3. The molecule has 2 aliphatic rings. The number of anilines is 1. The summed E-state index contributed by atoms with van der Waals surface area (Å²) in [6.07, 6.45) is 0.899. The average Bonchev–Trinajstić information content (AvgIpc) is 3.27. The number of nitrogens with zero attached hydrogens (tertiary/aromatic N) is 4. The minimum Gasteiger partial charge on any atom is -0.486 e. The van der Waals surface area contributed by atoms with Crippen molar-refractivity contribution in [2.24, 2.45) is 0 Å². The van der Waals surface area contributed by atoms with Gasteiger partial charge < -0.3 is 19.1 Å². The van der Waals surface area contributed by atoms with Crippen LogP contribution >= 0.6 is 11.8 Å². The van der Waals surface area contributed by atoms with Crippen molar-refractivity contribution in [2.45, 2.75) is 24.6 Å². The first-order valence-corrected chi connectivity index (χ1v) is 11.7. The van der Waals surface area contributed by atoms with Crippen molar-refractivity contribution in [3.05, 3.63) is 54.1 Å². The number of thioether (sulfide) groups is 1. The van der Waals surface area contributed by atoms with Gasteiger partial charge in [0.15, 0.2) is 16.7 Å². The molecule has 1 fully saturated rings. The molecule has 2 aromatic carbocycles. The van der Waals surface area contributed by atoms with Gasteiger partial charge in [-0.3, -0.25) is 4.57 Å². The fourth-order valence-corrected chi connectivity index (χ4v) is 4.78. The van der Waals surface area contributed by atoms with Gasteiger partial charge in [-0.15, -0.1) is 10.2 Å². The maximum Gasteiger partial charge on any atom is 0.232 e. The zero-order valence-corrected chi connectivity index (χ0v) is 18.4. The summed E-state index contributed by atoms with van der Waals surface area (Å²) >= 11 is 1.65.